The van der Waals surface area contributed by atoms with Crippen molar-refractivity contribution in [1.82, 2.24) is 5.32 Å². The smallest absolute Gasteiger partial charge is 0.254 e. The first-order chi connectivity index (χ1) is 11.0. The van der Waals surface area contributed by atoms with E-state index in [1.54, 1.807) is 13.2 Å². The van der Waals surface area contributed by atoms with Crippen LogP contribution in [0.1, 0.15) is 17.3 Å². The second-order valence-electron chi connectivity index (χ2n) is 5.47. The number of amides is 1. The fourth-order valence-electron chi connectivity index (χ4n) is 2.11. The average molecular weight is 353 g/mol. The summed E-state index contributed by atoms with van der Waals surface area (Å²) in [6, 6.07) is 11.9. The number of methoxy groups -OCH3 is 1. The zero-order chi connectivity index (χ0) is 16.8. The van der Waals surface area contributed by atoms with E-state index in [0.29, 0.717) is 18.7 Å². The Bertz CT molecular complexity index is 677. The Hall–Kier alpha value is -2.11. The van der Waals surface area contributed by atoms with Gasteiger partial charge in [-0.05, 0) is 47.9 Å². The lowest BCUT2D eigenvalue weighted by Gasteiger charge is -2.11. The third-order valence-electron chi connectivity index (χ3n) is 3.65. The Kier molecular flexibility index (Phi) is 7.68. The first-order valence-corrected chi connectivity index (χ1v) is 7.47. The van der Waals surface area contributed by atoms with E-state index in [4.69, 9.17) is 10.5 Å². The molecule has 0 aliphatic heterocycles. The number of ether oxygens (including phenoxy) is 1. The number of hydrogen-bond acceptors (Lipinski definition) is 3. The highest BCUT2D eigenvalue weighted by Gasteiger charge is 2.13. The molecular formula is C18H22ClFN2O2. The third kappa shape index (κ3) is 4.94. The van der Waals surface area contributed by atoms with Gasteiger partial charge in [-0.3, -0.25) is 4.79 Å². The first-order valence-electron chi connectivity index (χ1n) is 7.47. The highest BCUT2D eigenvalue weighted by Crippen LogP contribution is 2.24. The van der Waals surface area contributed by atoms with Gasteiger partial charge in [0.2, 0.25) is 0 Å². The quantitative estimate of drug-likeness (QED) is 0.838. The number of nitrogens with one attached hydrogen (secondary N) is 1. The minimum Gasteiger partial charge on any atom is -0.497 e. The molecule has 1 unspecified atom stereocenters. The monoisotopic (exact) mass is 352 g/mol. The van der Waals surface area contributed by atoms with Crippen LogP contribution in [-0.4, -0.2) is 26.1 Å². The summed E-state index contributed by atoms with van der Waals surface area (Å²) in [5.74, 6) is -0.0832. The molecule has 3 N–H and O–H groups in total. The van der Waals surface area contributed by atoms with Crippen LogP contribution >= 0.6 is 12.4 Å². The van der Waals surface area contributed by atoms with Crippen molar-refractivity contribution in [3.8, 4) is 16.9 Å². The van der Waals surface area contributed by atoms with Crippen molar-refractivity contribution in [2.75, 3.05) is 20.2 Å². The summed E-state index contributed by atoms with van der Waals surface area (Å²) in [6.07, 6.45) is 0. The molecule has 0 aliphatic carbocycles. The fourth-order valence-corrected chi connectivity index (χ4v) is 2.11. The van der Waals surface area contributed by atoms with E-state index in [1.165, 1.54) is 12.1 Å². The van der Waals surface area contributed by atoms with Crippen molar-refractivity contribution >= 4 is 18.3 Å². The fraction of sp³-hybridized carbons (Fsp3) is 0.278. The lowest BCUT2D eigenvalue weighted by Crippen LogP contribution is -2.31. The SMILES string of the molecule is COc1ccc(-c2ccc(C(=O)NCC(C)CN)c(F)c2)cc1.Cl. The van der Waals surface area contributed by atoms with Crippen LogP contribution in [0.25, 0.3) is 11.1 Å². The number of carbonyl (C=O) groups excluding carboxylic acids is 1. The van der Waals surface area contributed by atoms with Crippen LogP contribution < -0.4 is 15.8 Å². The standard InChI is InChI=1S/C18H21FN2O2.ClH/c1-12(10-20)11-21-18(22)16-8-5-14(9-17(16)19)13-3-6-15(23-2)7-4-13;/h3-9,12H,10-11,20H2,1-2H3,(H,21,22);1H. The molecule has 4 nitrogen and oxygen atoms in total. The second kappa shape index (κ2) is 9.25. The molecule has 2 aromatic carbocycles. The summed E-state index contributed by atoms with van der Waals surface area (Å²) in [6.45, 7) is 2.82. The van der Waals surface area contributed by atoms with Crippen LogP contribution in [0.3, 0.4) is 0 Å². The van der Waals surface area contributed by atoms with Gasteiger partial charge in [0.15, 0.2) is 0 Å². The lowest BCUT2D eigenvalue weighted by molar-refractivity contribution is 0.0944. The molecule has 6 heteroatoms. The lowest BCUT2D eigenvalue weighted by atomic mass is 10.0. The van der Waals surface area contributed by atoms with E-state index >= 15 is 0 Å². The van der Waals surface area contributed by atoms with Crippen molar-refractivity contribution < 1.29 is 13.9 Å². The highest BCUT2D eigenvalue weighted by atomic mass is 35.5. The van der Waals surface area contributed by atoms with Gasteiger partial charge in [0, 0.05) is 6.54 Å². The summed E-state index contributed by atoms with van der Waals surface area (Å²) in [7, 11) is 1.59. The Labute approximate surface area is 147 Å². The third-order valence-corrected chi connectivity index (χ3v) is 3.65. The molecule has 0 bridgehead atoms. The number of nitrogens with two attached hydrogens (primary N) is 1. The van der Waals surface area contributed by atoms with E-state index in [0.717, 1.165) is 11.3 Å². The van der Waals surface area contributed by atoms with Crippen molar-refractivity contribution in [3.05, 3.63) is 53.8 Å². The first kappa shape index (κ1) is 19.9. The molecule has 2 aromatic rings. The molecule has 1 atom stereocenters. The molecule has 0 aliphatic rings. The molecular weight excluding hydrogens is 331 g/mol. The van der Waals surface area contributed by atoms with E-state index in [9.17, 15) is 9.18 Å². The minimum atomic E-state index is -0.545. The van der Waals surface area contributed by atoms with Gasteiger partial charge >= 0.3 is 0 Å². The molecule has 2 rings (SSSR count). The number of carbonyl (C=O) groups is 1. The minimum absolute atomic E-state index is 0. The second-order valence-corrected chi connectivity index (χ2v) is 5.47. The molecule has 0 spiro atoms. The zero-order valence-electron chi connectivity index (χ0n) is 13.7. The van der Waals surface area contributed by atoms with Crippen LogP contribution in [0, 0.1) is 11.7 Å². The van der Waals surface area contributed by atoms with Gasteiger partial charge in [0.1, 0.15) is 11.6 Å². The maximum atomic E-state index is 14.2. The summed E-state index contributed by atoms with van der Waals surface area (Å²) in [5.41, 5.74) is 7.09. The van der Waals surface area contributed by atoms with Crippen molar-refractivity contribution in [1.29, 1.82) is 0 Å². The molecule has 0 fully saturated rings. The van der Waals surface area contributed by atoms with Gasteiger partial charge in [0.05, 0.1) is 12.7 Å². The predicted molar refractivity (Wildman–Crippen MR) is 96.2 cm³/mol. The maximum Gasteiger partial charge on any atom is 0.254 e. The van der Waals surface area contributed by atoms with E-state index in [1.807, 2.05) is 31.2 Å². The van der Waals surface area contributed by atoms with Gasteiger partial charge in [-0.2, -0.15) is 0 Å². The Balaban J connectivity index is 0.00000288. The molecule has 0 heterocycles. The molecule has 0 saturated heterocycles. The maximum absolute atomic E-state index is 14.2. The number of rotatable bonds is 6. The zero-order valence-corrected chi connectivity index (χ0v) is 14.5. The van der Waals surface area contributed by atoms with Gasteiger partial charge in [-0.15, -0.1) is 12.4 Å². The Morgan fingerprint density at radius 1 is 1.21 bits per heavy atom. The van der Waals surface area contributed by atoms with Crippen LogP contribution in [0.2, 0.25) is 0 Å². The van der Waals surface area contributed by atoms with E-state index < -0.39 is 11.7 Å². The topological polar surface area (TPSA) is 64.3 Å². The number of benzene rings is 2. The summed E-state index contributed by atoms with van der Waals surface area (Å²) < 4.78 is 19.3. The van der Waals surface area contributed by atoms with Crippen LogP contribution in [-0.2, 0) is 0 Å². The normalized spacial score (nSPS) is 11.3. The molecule has 0 saturated carbocycles. The van der Waals surface area contributed by atoms with Gasteiger partial charge < -0.3 is 15.8 Å². The molecule has 130 valence electrons. The predicted octanol–water partition coefficient (Wildman–Crippen LogP) is 3.25. The summed E-state index contributed by atoms with van der Waals surface area (Å²) >= 11 is 0. The van der Waals surface area contributed by atoms with Gasteiger partial charge in [0.25, 0.3) is 5.91 Å². The summed E-state index contributed by atoms with van der Waals surface area (Å²) in [4.78, 5) is 12.0. The Morgan fingerprint density at radius 3 is 2.38 bits per heavy atom. The van der Waals surface area contributed by atoms with Crippen LogP contribution in [0.15, 0.2) is 42.5 Å². The van der Waals surface area contributed by atoms with Crippen LogP contribution in [0.5, 0.6) is 5.75 Å². The van der Waals surface area contributed by atoms with Gasteiger partial charge in [-0.25, -0.2) is 4.39 Å². The van der Waals surface area contributed by atoms with Crippen molar-refractivity contribution in [2.24, 2.45) is 11.7 Å². The van der Waals surface area contributed by atoms with Crippen LogP contribution in [0.4, 0.5) is 4.39 Å². The summed E-state index contributed by atoms with van der Waals surface area (Å²) in [5, 5.41) is 2.69. The average Bonchev–Trinajstić information content (AvgIpc) is 2.59. The molecule has 0 radical (unpaired) electrons. The van der Waals surface area contributed by atoms with Gasteiger partial charge in [-0.1, -0.05) is 25.1 Å². The molecule has 24 heavy (non-hydrogen) atoms. The highest BCUT2D eigenvalue weighted by molar-refractivity contribution is 5.95. The number of hydrogen-bond donors (Lipinski definition) is 2. The van der Waals surface area contributed by atoms with E-state index in [-0.39, 0.29) is 23.9 Å². The molecule has 0 aromatic heterocycles. The van der Waals surface area contributed by atoms with Crippen molar-refractivity contribution in [3.63, 3.8) is 0 Å². The number of halogens is 2. The van der Waals surface area contributed by atoms with E-state index in [2.05, 4.69) is 5.32 Å². The molecule has 1 amide bonds. The largest absolute Gasteiger partial charge is 0.497 e. The van der Waals surface area contributed by atoms with Crippen molar-refractivity contribution in [2.45, 2.75) is 6.92 Å². The Morgan fingerprint density at radius 2 is 1.83 bits per heavy atom.